The van der Waals surface area contributed by atoms with Crippen LogP contribution in [0.25, 0.3) is 0 Å². The van der Waals surface area contributed by atoms with Gasteiger partial charge in [-0.1, -0.05) is 23.2 Å². The predicted octanol–water partition coefficient (Wildman–Crippen LogP) is 4.99. The van der Waals surface area contributed by atoms with Crippen molar-refractivity contribution in [3.05, 3.63) is 58.1 Å². The zero-order chi connectivity index (χ0) is 17.5. The van der Waals surface area contributed by atoms with Gasteiger partial charge in [0.05, 0.1) is 16.7 Å². The van der Waals surface area contributed by atoms with Crippen molar-refractivity contribution in [2.75, 3.05) is 11.9 Å². The van der Waals surface area contributed by atoms with Crippen LogP contribution in [0.3, 0.4) is 0 Å². The third kappa shape index (κ3) is 5.25. The van der Waals surface area contributed by atoms with E-state index in [2.05, 4.69) is 5.32 Å². The molecule has 0 bridgehead atoms. The molecule has 0 spiro atoms. The van der Waals surface area contributed by atoms with E-state index >= 15 is 0 Å². The fourth-order valence-corrected chi connectivity index (χ4v) is 2.37. The first-order valence-corrected chi connectivity index (χ1v) is 8.26. The number of rotatable bonds is 7. The summed E-state index contributed by atoms with van der Waals surface area (Å²) in [5.41, 5.74) is 1.10. The Kier molecular flexibility index (Phi) is 6.64. The molecule has 6 heteroatoms. The number of ether oxygens (including phenoxy) is 1. The van der Waals surface area contributed by atoms with E-state index in [4.69, 9.17) is 27.9 Å². The minimum Gasteiger partial charge on any atom is -0.494 e. The second-order valence-electron chi connectivity index (χ2n) is 5.06. The molecule has 0 aliphatic rings. The first-order chi connectivity index (χ1) is 11.5. The molecule has 0 saturated carbocycles. The van der Waals surface area contributed by atoms with Crippen molar-refractivity contribution in [2.45, 2.75) is 19.8 Å². The lowest BCUT2D eigenvalue weighted by Gasteiger charge is -2.07. The number of anilines is 1. The fraction of sp³-hybridized carbons (Fsp3) is 0.222. The average Bonchev–Trinajstić information content (AvgIpc) is 2.57. The van der Waals surface area contributed by atoms with Gasteiger partial charge in [0.1, 0.15) is 5.75 Å². The maximum absolute atomic E-state index is 12.1. The molecular formula is C18H17Cl2NO3. The molecule has 0 aromatic heterocycles. The molecule has 4 nitrogen and oxygen atoms in total. The number of amides is 1. The van der Waals surface area contributed by atoms with E-state index in [1.165, 1.54) is 0 Å². The quantitative estimate of drug-likeness (QED) is 0.702. The van der Waals surface area contributed by atoms with E-state index in [1.54, 1.807) is 42.5 Å². The number of halogens is 2. The molecule has 0 aliphatic carbocycles. The number of benzene rings is 2. The van der Waals surface area contributed by atoms with E-state index < -0.39 is 0 Å². The highest BCUT2D eigenvalue weighted by atomic mass is 35.5. The molecule has 0 heterocycles. The van der Waals surface area contributed by atoms with Crippen LogP contribution in [0.4, 0.5) is 5.69 Å². The number of hydrogen-bond acceptors (Lipinski definition) is 3. The van der Waals surface area contributed by atoms with Crippen molar-refractivity contribution >= 4 is 40.6 Å². The molecule has 0 saturated heterocycles. The summed E-state index contributed by atoms with van der Waals surface area (Å²) in [5, 5.41) is 3.47. The van der Waals surface area contributed by atoms with E-state index in [0.29, 0.717) is 33.7 Å². The second kappa shape index (κ2) is 8.71. The standard InChI is InChI=1S/C18H17Cl2NO3/c1-2-24-14-6-3-12(4-7-14)17(22)9-10-18(23)21-13-5-8-15(19)16(20)11-13/h3-8,11H,2,9-10H2,1H3,(H,21,23). The number of carbonyl (C=O) groups is 2. The lowest BCUT2D eigenvalue weighted by atomic mass is 10.1. The number of Topliss-reactive ketones (excluding diaryl/α,β-unsaturated/α-hetero) is 1. The lowest BCUT2D eigenvalue weighted by Crippen LogP contribution is -2.13. The molecule has 1 amide bonds. The number of hydrogen-bond donors (Lipinski definition) is 1. The molecule has 126 valence electrons. The van der Waals surface area contributed by atoms with Gasteiger partial charge in [-0.05, 0) is 49.4 Å². The van der Waals surface area contributed by atoms with Crippen LogP contribution < -0.4 is 10.1 Å². The second-order valence-corrected chi connectivity index (χ2v) is 5.87. The van der Waals surface area contributed by atoms with Crippen molar-refractivity contribution in [3.8, 4) is 5.75 Å². The average molecular weight is 366 g/mol. The summed E-state index contributed by atoms with van der Waals surface area (Å²) in [6, 6.07) is 11.7. The fourth-order valence-electron chi connectivity index (χ4n) is 2.07. The smallest absolute Gasteiger partial charge is 0.224 e. The van der Waals surface area contributed by atoms with Crippen LogP contribution in [-0.4, -0.2) is 18.3 Å². The zero-order valence-corrected chi connectivity index (χ0v) is 14.7. The minimum atomic E-state index is -0.257. The van der Waals surface area contributed by atoms with Gasteiger partial charge in [-0.25, -0.2) is 0 Å². The molecule has 24 heavy (non-hydrogen) atoms. The van der Waals surface area contributed by atoms with Gasteiger partial charge in [0, 0.05) is 24.1 Å². The number of carbonyl (C=O) groups excluding carboxylic acids is 2. The van der Waals surface area contributed by atoms with Crippen LogP contribution in [0, 0.1) is 0 Å². The topological polar surface area (TPSA) is 55.4 Å². The minimum absolute atomic E-state index is 0.0896. The predicted molar refractivity (Wildman–Crippen MR) is 96.3 cm³/mol. The van der Waals surface area contributed by atoms with Crippen molar-refractivity contribution in [1.82, 2.24) is 0 Å². The summed E-state index contributed by atoms with van der Waals surface area (Å²) in [7, 11) is 0. The Balaban J connectivity index is 1.86. The Morgan fingerprint density at radius 3 is 2.33 bits per heavy atom. The maximum atomic E-state index is 12.1. The monoisotopic (exact) mass is 365 g/mol. The van der Waals surface area contributed by atoms with Crippen LogP contribution >= 0.6 is 23.2 Å². The first kappa shape index (κ1) is 18.3. The van der Waals surface area contributed by atoms with Gasteiger partial charge in [-0.2, -0.15) is 0 Å². The molecule has 0 fully saturated rings. The van der Waals surface area contributed by atoms with Crippen molar-refractivity contribution in [2.24, 2.45) is 0 Å². The summed E-state index contributed by atoms with van der Waals surface area (Å²) in [4.78, 5) is 24.0. The third-order valence-corrected chi connectivity index (χ3v) is 4.01. The number of nitrogens with one attached hydrogen (secondary N) is 1. The van der Waals surface area contributed by atoms with Gasteiger partial charge >= 0.3 is 0 Å². The summed E-state index contributed by atoms with van der Waals surface area (Å²) in [5.74, 6) is 0.362. The molecule has 2 aromatic rings. The van der Waals surface area contributed by atoms with Crippen LogP contribution in [0.1, 0.15) is 30.1 Å². The van der Waals surface area contributed by atoms with E-state index in [1.807, 2.05) is 6.92 Å². The molecule has 2 aromatic carbocycles. The summed E-state index contributed by atoms with van der Waals surface area (Å²) in [6.07, 6.45) is 0.216. The van der Waals surface area contributed by atoms with Gasteiger partial charge in [-0.15, -0.1) is 0 Å². The Morgan fingerprint density at radius 2 is 1.71 bits per heavy atom. The SMILES string of the molecule is CCOc1ccc(C(=O)CCC(=O)Nc2ccc(Cl)c(Cl)c2)cc1. The highest BCUT2D eigenvalue weighted by Crippen LogP contribution is 2.25. The van der Waals surface area contributed by atoms with Crippen molar-refractivity contribution in [1.29, 1.82) is 0 Å². The normalized spacial score (nSPS) is 10.3. The highest BCUT2D eigenvalue weighted by molar-refractivity contribution is 6.42. The molecule has 0 unspecified atom stereocenters. The van der Waals surface area contributed by atoms with Crippen LogP contribution in [-0.2, 0) is 4.79 Å². The Hall–Kier alpha value is -2.04. The Morgan fingerprint density at radius 1 is 1.00 bits per heavy atom. The number of ketones is 1. The first-order valence-electron chi connectivity index (χ1n) is 7.50. The molecule has 0 radical (unpaired) electrons. The van der Waals surface area contributed by atoms with E-state index in [9.17, 15) is 9.59 Å². The molecule has 0 atom stereocenters. The Labute approximate surface area is 150 Å². The highest BCUT2D eigenvalue weighted by Gasteiger charge is 2.10. The maximum Gasteiger partial charge on any atom is 0.224 e. The van der Waals surface area contributed by atoms with Crippen LogP contribution in [0.5, 0.6) is 5.75 Å². The zero-order valence-electron chi connectivity index (χ0n) is 13.1. The van der Waals surface area contributed by atoms with Crippen LogP contribution in [0.2, 0.25) is 10.0 Å². The molecule has 0 aliphatic heterocycles. The molecular weight excluding hydrogens is 349 g/mol. The van der Waals surface area contributed by atoms with Gasteiger partial charge < -0.3 is 10.1 Å². The third-order valence-electron chi connectivity index (χ3n) is 3.27. The van der Waals surface area contributed by atoms with E-state index in [-0.39, 0.29) is 24.5 Å². The van der Waals surface area contributed by atoms with E-state index in [0.717, 1.165) is 0 Å². The molecule has 2 rings (SSSR count). The van der Waals surface area contributed by atoms with Gasteiger partial charge in [0.15, 0.2) is 5.78 Å². The molecule has 1 N–H and O–H groups in total. The lowest BCUT2D eigenvalue weighted by molar-refractivity contribution is -0.116. The summed E-state index contributed by atoms with van der Waals surface area (Å²) >= 11 is 11.7. The van der Waals surface area contributed by atoms with Crippen LogP contribution in [0.15, 0.2) is 42.5 Å². The van der Waals surface area contributed by atoms with Gasteiger partial charge in [0.2, 0.25) is 5.91 Å². The largest absolute Gasteiger partial charge is 0.494 e. The van der Waals surface area contributed by atoms with Crippen molar-refractivity contribution < 1.29 is 14.3 Å². The summed E-state index contributed by atoms with van der Waals surface area (Å²) in [6.45, 7) is 2.47. The summed E-state index contributed by atoms with van der Waals surface area (Å²) < 4.78 is 5.33. The van der Waals surface area contributed by atoms with Gasteiger partial charge in [-0.3, -0.25) is 9.59 Å². The van der Waals surface area contributed by atoms with Gasteiger partial charge in [0.25, 0.3) is 0 Å². The van der Waals surface area contributed by atoms with Crippen molar-refractivity contribution in [3.63, 3.8) is 0 Å². The Bertz CT molecular complexity index is 730.